The van der Waals surface area contributed by atoms with Gasteiger partial charge in [-0.05, 0) is 69.3 Å². The number of amides is 2. The zero-order chi connectivity index (χ0) is 24.0. The number of hydrazone groups is 1. The number of anilines is 1. The van der Waals surface area contributed by atoms with Gasteiger partial charge in [0, 0.05) is 32.8 Å². The van der Waals surface area contributed by atoms with E-state index in [2.05, 4.69) is 36.3 Å². The molecule has 3 aromatic rings. The molecule has 33 heavy (non-hydrogen) atoms. The van der Waals surface area contributed by atoms with Gasteiger partial charge in [0.2, 0.25) is 0 Å². The molecule has 2 N–H and O–H groups in total. The Balaban J connectivity index is 1.61. The molecule has 2 aromatic carbocycles. The second-order valence-electron chi connectivity index (χ2n) is 7.09. The molecule has 0 aliphatic carbocycles. The molecule has 3 rings (SSSR count). The van der Waals surface area contributed by atoms with Crippen molar-refractivity contribution in [1.82, 2.24) is 9.99 Å². The first kappa shape index (κ1) is 23.9. The third-order valence-corrected chi connectivity index (χ3v) is 5.26. The number of carbonyl (C=O) groups is 3. The molecule has 0 fully saturated rings. The number of aromatic nitrogens is 1. The number of carbonyl (C=O) groups excluding carboxylic acids is 3. The lowest BCUT2D eigenvalue weighted by atomic mass is 10.2. The number of hydrogen-bond acceptors (Lipinski definition) is 5. The van der Waals surface area contributed by atoms with Gasteiger partial charge in [0.25, 0.3) is 0 Å². The van der Waals surface area contributed by atoms with Gasteiger partial charge in [-0.15, -0.1) is 0 Å². The highest BCUT2D eigenvalue weighted by Gasteiger charge is 2.14. The Labute approximate surface area is 199 Å². The van der Waals surface area contributed by atoms with Gasteiger partial charge in [-0.25, -0.2) is 10.2 Å². The topological polar surface area (TPSA) is 102 Å². The molecule has 170 valence electrons. The Kier molecular flexibility index (Phi) is 7.78. The summed E-state index contributed by atoms with van der Waals surface area (Å²) < 4.78 is 7.94. The van der Waals surface area contributed by atoms with Crippen molar-refractivity contribution in [2.75, 3.05) is 11.9 Å². The van der Waals surface area contributed by atoms with Crippen LogP contribution in [0.2, 0.25) is 0 Å². The average Bonchev–Trinajstić information content (AvgIpc) is 3.07. The summed E-state index contributed by atoms with van der Waals surface area (Å²) in [6.45, 7) is 5.91. The smallest absolute Gasteiger partial charge is 0.338 e. The molecular formula is C24H23BrN4O4. The van der Waals surface area contributed by atoms with Crippen molar-refractivity contribution >= 4 is 45.6 Å². The fraction of sp³-hybridized carbons (Fsp3) is 0.167. The molecule has 9 heteroatoms. The van der Waals surface area contributed by atoms with Crippen LogP contribution in [0.25, 0.3) is 5.69 Å². The van der Waals surface area contributed by atoms with E-state index in [9.17, 15) is 14.4 Å². The summed E-state index contributed by atoms with van der Waals surface area (Å²) >= 11 is 3.48. The number of rotatable bonds is 6. The quantitative estimate of drug-likeness (QED) is 0.225. The minimum absolute atomic E-state index is 0.270. The van der Waals surface area contributed by atoms with Crippen molar-refractivity contribution in [3.05, 3.63) is 81.6 Å². The van der Waals surface area contributed by atoms with Crippen LogP contribution in [0.4, 0.5) is 5.69 Å². The van der Waals surface area contributed by atoms with E-state index >= 15 is 0 Å². The summed E-state index contributed by atoms with van der Waals surface area (Å²) in [5.41, 5.74) is 6.69. The maximum absolute atomic E-state index is 12.1. The number of aryl methyl sites for hydroxylation is 1. The van der Waals surface area contributed by atoms with Gasteiger partial charge in [-0.3, -0.25) is 9.59 Å². The molecule has 1 aromatic heterocycles. The van der Waals surface area contributed by atoms with Gasteiger partial charge >= 0.3 is 17.8 Å². The minimum Gasteiger partial charge on any atom is -0.462 e. The Morgan fingerprint density at radius 1 is 1.06 bits per heavy atom. The van der Waals surface area contributed by atoms with Crippen LogP contribution in [0.15, 0.2) is 64.2 Å². The molecule has 0 radical (unpaired) electrons. The number of ether oxygens (including phenoxy) is 1. The summed E-state index contributed by atoms with van der Waals surface area (Å²) in [7, 11) is 0. The summed E-state index contributed by atoms with van der Waals surface area (Å²) in [5.74, 6) is -2.25. The molecule has 0 spiro atoms. The van der Waals surface area contributed by atoms with Crippen molar-refractivity contribution in [3.63, 3.8) is 0 Å². The number of hydrogen-bond donors (Lipinski definition) is 2. The fourth-order valence-electron chi connectivity index (χ4n) is 3.23. The monoisotopic (exact) mass is 510 g/mol. The highest BCUT2D eigenvalue weighted by atomic mass is 79.9. The highest BCUT2D eigenvalue weighted by molar-refractivity contribution is 9.10. The average molecular weight is 511 g/mol. The first-order chi connectivity index (χ1) is 15.8. The standard InChI is InChI=1S/C24H23BrN4O4/c1-4-33-24(32)17-8-10-20(11-9-17)27-22(30)23(31)28-26-14-18-12-15(2)29(16(18)3)21-7-5-6-19(25)13-21/h5-14H,4H2,1-3H3,(H,27,30)(H,28,31)/b26-14-. The van der Waals surface area contributed by atoms with E-state index in [0.29, 0.717) is 11.3 Å². The van der Waals surface area contributed by atoms with Crippen LogP contribution in [-0.4, -0.2) is 35.2 Å². The highest BCUT2D eigenvalue weighted by Crippen LogP contribution is 2.22. The predicted octanol–water partition coefficient (Wildman–Crippen LogP) is 4.12. The SMILES string of the molecule is CCOC(=O)c1ccc(NC(=O)C(=O)N/N=C\c2cc(C)n(-c3cccc(Br)c3)c2C)cc1. The molecule has 2 amide bonds. The van der Waals surface area contributed by atoms with Crippen LogP contribution in [0.3, 0.4) is 0 Å². The lowest BCUT2D eigenvalue weighted by molar-refractivity contribution is -0.136. The van der Waals surface area contributed by atoms with Gasteiger partial charge < -0.3 is 14.6 Å². The van der Waals surface area contributed by atoms with Gasteiger partial charge in [-0.2, -0.15) is 5.10 Å². The van der Waals surface area contributed by atoms with E-state index in [0.717, 1.165) is 27.1 Å². The maximum Gasteiger partial charge on any atom is 0.338 e. The number of nitrogens with one attached hydrogen (secondary N) is 2. The van der Waals surface area contributed by atoms with E-state index in [4.69, 9.17) is 4.74 Å². The number of benzene rings is 2. The van der Waals surface area contributed by atoms with E-state index < -0.39 is 17.8 Å². The first-order valence-corrected chi connectivity index (χ1v) is 11.0. The van der Waals surface area contributed by atoms with Crippen molar-refractivity contribution in [2.24, 2.45) is 5.10 Å². The van der Waals surface area contributed by atoms with Crippen LogP contribution in [0.5, 0.6) is 0 Å². The predicted molar refractivity (Wildman–Crippen MR) is 130 cm³/mol. The molecule has 0 atom stereocenters. The molecule has 1 heterocycles. The summed E-state index contributed by atoms with van der Waals surface area (Å²) in [6.07, 6.45) is 1.50. The Morgan fingerprint density at radius 2 is 1.79 bits per heavy atom. The van der Waals surface area contributed by atoms with Crippen LogP contribution >= 0.6 is 15.9 Å². The first-order valence-electron chi connectivity index (χ1n) is 10.2. The summed E-state index contributed by atoms with van der Waals surface area (Å²) in [4.78, 5) is 35.9. The third-order valence-electron chi connectivity index (χ3n) is 4.77. The van der Waals surface area contributed by atoms with Crippen LogP contribution < -0.4 is 10.7 Å². The lowest BCUT2D eigenvalue weighted by Crippen LogP contribution is -2.32. The van der Waals surface area contributed by atoms with E-state index in [1.54, 1.807) is 6.92 Å². The zero-order valence-electron chi connectivity index (χ0n) is 18.4. The fourth-order valence-corrected chi connectivity index (χ4v) is 3.62. The minimum atomic E-state index is -0.915. The van der Waals surface area contributed by atoms with Crippen LogP contribution in [-0.2, 0) is 14.3 Å². The molecule has 0 aliphatic heterocycles. The van der Waals surface area contributed by atoms with Crippen molar-refractivity contribution in [3.8, 4) is 5.69 Å². The van der Waals surface area contributed by atoms with E-state index in [1.807, 2.05) is 44.2 Å². The third kappa shape index (κ3) is 5.95. The van der Waals surface area contributed by atoms with Crippen molar-refractivity contribution in [1.29, 1.82) is 0 Å². The van der Waals surface area contributed by atoms with E-state index in [-0.39, 0.29) is 6.61 Å². The van der Waals surface area contributed by atoms with Crippen LogP contribution in [0.1, 0.15) is 34.2 Å². The largest absolute Gasteiger partial charge is 0.462 e. The van der Waals surface area contributed by atoms with E-state index in [1.165, 1.54) is 30.5 Å². The molecule has 0 bridgehead atoms. The molecule has 0 aliphatic rings. The van der Waals surface area contributed by atoms with Crippen molar-refractivity contribution in [2.45, 2.75) is 20.8 Å². The Bertz CT molecular complexity index is 1220. The van der Waals surface area contributed by atoms with Crippen LogP contribution in [0, 0.1) is 13.8 Å². The molecule has 0 saturated heterocycles. The molecule has 0 unspecified atom stereocenters. The van der Waals surface area contributed by atoms with Gasteiger partial charge in [0.1, 0.15) is 0 Å². The summed E-state index contributed by atoms with van der Waals surface area (Å²) in [6, 6.07) is 15.9. The van der Waals surface area contributed by atoms with Gasteiger partial charge in [0.05, 0.1) is 18.4 Å². The van der Waals surface area contributed by atoms with Gasteiger partial charge in [0.15, 0.2) is 0 Å². The summed E-state index contributed by atoms with van der Waals surface area (Å²) in [5, 5.41) is 6.37. The Hall–Kier alpha value is -3.72. The second kappa shape index (κ2) is 10.7. The lowest BCUT2D eigenvalue weighted by Gasteiger charge is -2.09. The normalized spacial score (nSPS) is 10.8. The number of halogens is 1. The molecule has 8 nitrogen and oxygen atoms in total. The zero-order valence-corrected chi connectivity index (χ0v) is 20.0. The second-order valence-corrected chi connectivity index (χ2v) is 8.01. The Morgan fingerprint density at radius 3 is 2.45 bits per heavy atom. The molecule has 0 saturated carbocycles. The molecular weight excluding hydrogens is 488 g/mol. The maximum atomic E-state index is 12.1. The number of nitrogens with zero attached hydrogens (tertiary/aromatic N) is 2. The number of esters is 1. The van der Waals surface area contributed by atoms with Crippen molar-refractivity contribution < 1.29 is 19.1 Å². The van der Waals surface area contributed by atoms with Gasteiger partial charge in [-0.1, -0.05) is 22.0 Å².